The second-order valence-electron chi connectivity index (χ2n) is 5.64. The zero-order valence-corrected chi connectivity index (χ0v) is 13.1. The quantitative estimate of drug-likeness (QED) is 0.248. The molecule has 0 spiro atoms. The smallest absolute Gasteiger partial charge is 0.256 e. The number of nitro groups is 1. The van der Waals surface area contributed by atoms with Gasteiger partial charge >= 0.3 is 5.91 Å². The lowest BCUT2D eigenvalue weighted by atomic mass is 10.0. The Morgan fingerprint density at radius 3 is 1.45 bits per heavy atom. The minimum absolute atomic E-state index is 0.102. The fourth-order valence-electron chi connectivity index (χ4n) is 2.39. The van der Waals surface area contributed by atoms with E-state index in [4.69, 9.17) is 0 Å². The molecule has 0 bridgehead atoms. The van der Waals surface area contributed by atoms with E-state index in [0.717, 1.165) is 12.8 Å². The van der Waals surface area contributed by atoms with Crippen LogP contribution in [0.2, 0.25) is 0 Å². The van der Waals surface area contributed by atoms with Gasteiger partial charge in [0.1, 0.15) is 4.92 Å². The summed E-state index contributed by atoms with van der Waals surface area (Å²) in [7, 11) is 0. The molecule has 0 aliphatic carbocycles. The van der Waals surface area contributed by atoms with Gasteiger partial charge in [-0.3, -0.25) is 10.1 Å². The molecule has 4 nitrogen and oxygen atoms in total. The number of hydrogen-bond acceptors (Lipinski definition) is 3. The van der Waals surface area contributed by atoms with Gasteiger partial charge in [0.15, 0.2) is 0 Å². The van der Waals surface area contributed by atoms with Crippen molar-refractivity contribution in [3.05, 3.63) is 10.1 Å². The molecule has 0 N–H and O–H groups in total. The van der Waals surface area contributed by atoms with Gasteiger partial charge in [0.25, 0.3) is 0 Å². The molecule has 0 saturated carbocycles. The Morgan fingerprint density at radius 1 is 0.750 bits per heavy atom. The van der Waals surface area contributed by atoms with Crippen LogP contribution in [0.5, 0.6) is 0 Å². The standard InChI is InChI=1S/C16H31NO3/c1-2-3-4-5-6-7-8-9-10-11-12-13-14-15-16(18)17(19)20/h2-15H2,1H3. The summed E-state index contributed by atoms with van der Waals surface area (Å²) in [6, 6.07) is 0. The third-order valence-corrected chi connectivity index (χ3v) is 3.70. The first-order valence-corrected chi connectivity index (χ1v) is 8.35. The van der Waals surface area contributed by atoms with Crippen molar-refractivity contribution in [3.63, 3.8) is 0 Å². The maximum absolute atomic E-state index is 10.7. The van der Waals surface area contributed by atoms with Gasteiger partial charge < -0.3 is 0 Å². The van der Waals surface area contributed by atoms with Crippen LogP contribution in [0.4, 0.5) is 0 Å². The molecule has 0 fully saturated rings. The van der Waals surface area contributed by atoms with E-state index in [1.165, 1.54) is 64.2 Å². The van der Waals surface area contributed by atoms with Crippen LogP contribution >= 0.6 is 0 Å². The summed E-state index contributed by atoms with van der Waals surface area (Å²) in [5.74, 6) is -0.840. The first-order chi connectivity index (χ1) is 9.68. The summed E-state index contributed by atoms with van der Waals surface area (Å²) < 4.78 is 0. The minimum atomic E-state index is -0.840. The van der Waals surface area contributed by atoms with E-state index in [1.807, 2.05) is 0 Å². The van der Waals surface area contributed by atoms with Gasteiger partial charge in [-0.25, -0.2) is 4.79 Å². The third-order valence-electron chi connectivity index (χ3n) is 3.70. The van der Waals surface area contributed by atoms with Crippen molar-refractivity contribution in [3.8, 4) is 0 Å². The Labute approximate surface area is 123 Å². The number of amides is 1. The Morgan fingerprint density at radius 2 is 1.10 bits per heavy atom. The maximum Gasteiger partial charge on any atom is 0.444 e. The second kappa shape index (κ2) is 14.5. The monoisotopic (exact) mass is 285 g/mol. The van der Waals surface area contributed by atoms with Gasteiger partial charge in [0.2, 0.25) is 0 Å². The van der Waals surface area contributed by atoms with Crippen molar-refractivity contribution in [2.75, 3.05) is 0 Å². The SMILES string of the molecule is CCCCCCCCCCCCCCCC(=O)[N+](=O)[O-]. The molecule has 4 heteroatoms. The number of carbonyl (C=O) groups excluding carboxylic acids is 1. The highest BCUT2D eigenvalue weighted by Crippen LogP contribution is 2.12. The van der Waals surface area contributed by atoms with Crippen LogP contribution in [0.25, 0.3) is 0 Å². The topological polar surface area (TPSA) is 60.2 Å². The van der Waals surface area contributed by atoms with E-state index in [9.17, 15) is 14.9 Å². The van der Waals surface area contributed by atoms with Crippen LogP contribution in [0.1, 0.15) is 96.8 Å². The lowest BCUT2D eigenvalue weighted by molar-refractivity contribution is -0.402. The van der Waals surface area contributed by atoms with E-state index >= 15 is 0 Å². The average molecular weight is 285 g/mol. The summed E-state index contributed by atoms with van der Waals surface area (Å²) in [6.45, 7) is 2.24. The van der Waals surface area contributed by atoms with Crippen LogP contribution in [-0.2, 0) is 4.79 Å². The van der Waals surface area contributed by atoms with Crippen LogP contribution in [0.3, 0.4) is 0 Å². The first kappa shape index (κ1) is 19.1. The second-order valence-corrected chi connectivity index (χ2v) is 5.64. The number of unbranched alkanes of at least 4 members (excludes halogenated alkanes) is 12. The summed E-state index contributed by atoms with van der Waals surface area (Å²) >= 11 is 0. The summed E-state index contributed by atoms with van der Waals surface area (Å²) in [5, 5.41) is 10.1. The molecule has 118 valence electrons. The fourth-order valence-corrected chi connectivity index (χ4v) is 2.39. The normalized spacial score (nSPS) is 10.7. The molecule has 0 radical (unpaired) electrons. The lowest BCUT2D eigenvalue weighted by Gasteiger charge is -2.02. The molecular formula is C16H31NO3. The summed E-state index contributed by atoms with van der Waals surface area (Å²) in [5.41, 5.74) is 0. The molecule has 0 saturated heterocycles. The highest BCUT2D eigenvalue weighted by Gasteiger charge is 2.12. The Bertz CT molecular complexity index is 254. The zero-order valence-electron chi connectivity index (χ0n) is 13.1. The average Bonchev–Trinajstić information content (AvgIpc) is 2.43. The molecular weight excluding hydrogens is 254 g/mol. The molecule has 0 aromatic carbocycles. The number of rotatable bonds is 14. The van der Waals surface area contributed by atoms with Crippen molar-refractivity contribution in [2.45, 2.75) is 96.8 Å². The highest BCUT2D eigenvalue weighted by atomic mass is 16.6. The number of hydrogen-bond donors (Lipinski definition) is 0. The molecule has 0 aliphatic rings. The molecule has 0 atom stereocenters. The molecule has 0 rings (SSSR count). The Hall–Kier alpha value is -0.930. The Balaban J connectivity index is 3.06. The lowest BCUT2D eigenvalue weighted by Crippen LogP contribution is -2.10. The maximum atomic E-state index is 10.7. The van der Waals surface area contributed by atoms with Crippen LogP contribution in [-0.4, -0.2) is 10.8 Å². The van der Waals surface area contributed by atoms with E-state index in [0.29, 0.717) is 6.42 Å². The van der Waals surface area contributed by atoms with Crippen molar-refractivity contribution >= 4 is 5.91 Å². The molecule has 1 amide bonds. The summed E-state index contributed by atoms with van der Waals surface area (Å²) in [4.78, 5) is 20.0. The van der Waals surface area contributed by atoms with Gasteiger partial charge in [-0.05, 0) is 6.42 Å². The van der Waals surface area contributed by atoms with Crippen molar-refractivity contribution < 1.29 is 9.72 Å². The molecule has 0 aliphatic heterocycles. The molecule has 0 aromatic heterocycles. The fraction of sp³-hybridized carbons (Fsp3) is 0.938. The van der Waals surface area contributed by atoms with Crippen molar-refractivity contribution in [1.82, 2.24) is 0 Å². The van der Waals surface area contributed by atoms with Crippen LogP contribution in [0.15, 0.2) is 0 Å². The van der Waals surface area contributed by atoms with Crippen molar-refractivity contribution in [1.29, 1.82) is 0 Å². The predicted molar refractivity (Wildman–Crippen MR) is 82.3 cm³/mol. The summed E-state index contributed by atoms with van der Waals surface area (Å²) in [6.07, 6.45) is 16.1. The number of carbonyl (C=O) groups is 1. The number of nitrogens with zero attached hydrogens (tertiary/aromatic N) is 1. The molecule has 20 heavy (non-hydrogen) atoms. The van der Waals surface area contributed by atoms with E-state index in [2.05, 4.69) is 6.92 Å². The molecule has 0 unspecified atom stereocenters. The van der Waals surface area contributed by atoms with Crippen LogP contribution < -0.4 is 0 Å². The third kappa shape index (κ3) is 13.5. The van der Waals surface area contributed by atoms with Gasteiger partial charge in [0, 0.05) is 0 Å². The largest absolute Gasteiger partial charge is 0.444 e. The zero-order chi connectivity index (χ0) is 15.1. The first-order valence-electron chi connectivity index (χ1n) is 8.35. The van der Waals surface area contributed by atoms with E-state index < -0.39 is 10.8 Å². The Kier molecular flexibility index (Phi) is 13.8. The molecule has 0 heterocycles. The highest BCUT2D eigenvalue weighted by molar-refractivity contribution is 5.66. The van der Waals surface area contributed by atoms with Crippen LogP contribution in [0, 0.1) is 10.1 Å². The minimum Gasteiger partial charge on any atom is -0.256 e. The van der Waals surface area contributed by atoms with Gasteiger partial charge in [-0.1, -0.05) is 84.0 Å². The van der Waals surface area contributed by atoms with Gasteiger partial charge in [-0.2, -0.15) is 0 Å². The van der Waals surface area contributed by atoms with Gasteiger partial charge in [-0.15, -0.1) is 0 Å². The van der Waals surface area contributed by atoms with Crippen molar-refractivity contribution in [2.24, 2.45) is 0 Å². The van der Waals surface area contributed by atoms with E-state index in [1.54, 1.807) is 0 Å². The van der Waals surface area contributed by atoms with E-state index in [-0.39, 0.29) is 6.42 Å². The molecule has 0 aromatic rings. The predicted octanol–water partition coefficient (Wildman–Crippen LogP) is 5.27. The van der Waals surface area contributed by atoms with Gasteiger partial charge in [0.05, 0.1) is 6.42 Å².